The average Bonchev–Trinajstić information content (AvgIpc) is 2.79. The summed E-state index contributed by atoms with van der Waals surface area (Å²) < 4.78 is 0. The van der Waals surface area contributed by atoms with Gasteiger partial charge in [-0.05, 0) is 49.2 Å². The molecule has 2 N–H and O–H groups in total. The Morgan fingerprint density at radius 1 is 0.871 bits per heavy atom. The monoisotopic (exact) mass is 440 g/mol. The molecule has 0 spiro atoms. The molecule has 2 aromatic carbocycles. The fourth-order valence-electron chi connectivity index (χ4n) is 3.46. The van der Waals surface area contributed by atoms with Crippen molar-refractivity contribution < 1.29 is 9.59 Å². The number of carbonyl (C=O) groups is 2. The first-order valence-corrected chi connectivity index (χ1v) is 11.8. The van der Waals surface area contributed by atoms with Crippen molar-refractivity contribution in [3.8, 4) is 0 Å². The zero-order chi connectivity index (χ0) is 22.1. The third-order valence-electron chi connectivity index (χ3n) is 5.57. The Balaban J connectivity index is 1.26. The number of aryl methyl sites for hydroxylation is 2. The van der Waals surface area contributed by atoms with Crippen molar-refractivity contribution in [3.05, 3.63) is 59.7 Å². The van der Waals surface area contributed by atoms with E-state index in [0.717, 1.165) is 31.1 Å². The van der Waals surface area contributed by atoms with E-state index >= 15 is 0 Å². The van der Waals surface area contributed by atoms with E-state index < -0.39 is 0 Å². The zero-order valence-electron chi connectivity index (χ0n) is 18.4. The number of hydrazine groups is 1. The van der Waals surface area contributed by atoms with Crippen LogP contribution in [-0.4, -0.2) is 55.2 Å². The molecule has 1 saturated heterocycles. The van der Waals surface area contributed by atoms with Gasteiger partial charge in [0.25, 0.3) is 0 Å². The van der Waals surface area contributed by atoms with E-state index in [1.165, 1.54) is 16.8 Å². The number of rotatable bonds is 8. The summed E-state index contributed by atoms with van der Waals surface area (Å²) in [4.78, 5) is 29.9. The average molecular weight is 441 g/mol. The van der Waals surface area contributed by atoms with E-state index in [-0.39, 0.29) is 11.8 Å². The van der Waals surface area contributed by atoms with Gasteiger partial charge in [-0.3, -0.25) is 25.3 Å². The van der Waals surface area contributed by atoms with Crippen LogP contribution in [0, 0.1) is 13.8 Å². The smallest absolute Gasteiger partial charge is 0.239 e. The number of benzene rings is 2. The zero-order valence-corrected chi connectivity index (χ0v) is 19.2. The van der Waals surface area contributed by atoms with Crippen LogP contribution in [-0.2, 0) is 9.59 Å². The van der Waals surface area contributed by atoms with Crippen molar-refractivity contribution in [3.63, 3.8) is 0 Å². The molecule has 166 valence electrons. The quantitative estimate of drug-likeness (QED) is 0.488. The number of nitrogens with zero attached hydrogens (tertiary/aromatic N) is 2. The van der Waals surface area contributed by atoms with E-state index in [4.69, 9.17) is 0 Å². The normalized spacial score (nSPS) is 14.3. The van der Waals surface area contributed by atoms with Crippen molar-refractivity contribution in [2.45, 2.75) is 31.6 Å². The topological polar surface area (TPSA) is 64.7 Å². The van der Waals surface area contributed by atoms with Gasteiger partial charge in [-0.25, -0.2) is 0 Å². The van der Waals surface area contributed by atoms with Crippen molar-refractivity contribution in [1.82, 2.24) is 15.8 Å². The highest BCUT2D eigenvalue weighted by Gasteiger charge is 2.17. The molecular formula is C24H32N4O2S. The van der Waals surface area contributed by atoms with Crippen LogP contribution in [0.1, 0.15) is 24.0 Å². The van der Waals surface area contributed by atoms with Gasteiger partial charge >= 0.3 is 0 Å². The molecule has 31 heavy (non-hydrogen) atoms. The number of hydrogen-bond acceptors (Lipinski definition) is 5. The van der Waals surface area contributed by atoms with Crippen LogP contribution in [0.2, 0.25) is 0 Å². The summed E-state index contributed by atoms with van der Waals surface area (Å²) in [6.07, 6.45) is 0.738. The van der Waals surface area contributed by atoms with Crippen LogP contribution in [0.5, 0.6) is 0 Å². The lowest BCUT2D eigenvalue weighted by atomic mass is 10.1. The molecule has 0 atom stereocenters. The second kappa shape index (κ2) is 11.8. The molecule has 1 heterocycles. The van der Waals surface area contributed by atoms with Crippen molar-refractivity contribution in [2.24, 2.45) is 0 Å². The lowest BCUT2D eigenvalue weighted by molar-refractivity contribution is -0.128. The summed E-state index contributed by atoms with van der Waals surface area (Å²) in [6.45, 7) is 8.66. The Kier molecular flexibility index (Phi) is 8.79. The minimum Gasteiger partial charge on any atom is -0.369 e. The Morgan fingerprint density at radius 2 is 1.55 bits per heavy atom. The Bertz CT molecular complexity index is 867. The number of amides is 2. The van der Waals surface area contributed by atoms with E-state index in [1.54, 1.807) is 11.8 Å². The molecule has 0 aromatic heterocycles. The van der Waals surface area contributed by atoms with Crippen LogP contribution in [0.25, 0.3) is 0 Å². The third kappa shape index (κ3) is 7.60. The summed E-state index contributed by atoms with van der Waals surface area (Å²) >= 11 is 1.65. The standard InChI is InChI=1S/C24H32N4O2S/c1-19-8-9-22(18-20(19)2)31-17-11-24(30)26-25-23(29)10-12-27-13-15-28(16-14-27)21-6-4-3-5-7-21/h3-9,18H,10-17H2,1-2H3,(H,25,29)(H,26,30). The molecule has 2 amide bonds. The molecule has 0 aliphatic carbocycles. The van der Waals surface area contributed by atoms with Gasteiger partial charge in [-0.2, -0.15) is 0 Å². The van der Waals surface area contributed by atoms with Gasteiger partial charge in [0.15, 0.2) is 0 Å². The molecule has 0 radical (unpaired) electrons. The highest BCUT2D eigenvalue weighted by molar-refractivity contribution is 7.99. The van der Waals surface area contributed by atoms with Gasteiger partial charge in [0.2, 0.25) is 11.8 Å². The molecule has 2 aromatic rings. The van der Waals surface area contributed by atoms with Crippen LogP contribution >= 0.6 is 11.8 Å². The second-order valence-corrected chi connectivity index (χ2v) is 9.02. The molecule has 7 heteroatoms. The van der Waals surface area contributed by atoms with Crippen molar-refractivity contribution in [1.29, 1.82) is 0 Å². The van der Waals surface area contributed by atoms with Crippen LogP contribution in [0.4, 0.5) is 5.69 Å². The first kappa shape index (κ1) is 23.2. The number of anilines is 1. The SMILES string of the molecule is Cc1ccc(SCCC(=O)NNC(=O)CCN2CCN(c3ccccc3)CC2)cc1C. The lowest BCUT2D eigenvalue weighted by Gasteiger charge is -2.36. The minimum absolute atomic E-state index is 0.152. The van der Waals surface area contributed by atoms with E-state index in [9.17, 15) is 9.59 Å². The highest BCUT2D eigenvalue weighted by Crippen LogP contribution is 2.21. The molecule has 0 saturated carbocycles. The molecule has 6 nitrogen and oxygen atoms in total. The van der Waals surface area contributed by atoms with E-state index in [0.29, 0.717) is 25.1 Å². The van der Waals surface area contributed by atoms with Crippen LogP contribution < -0.4 is 15.8 Å². The fourth-order valence-corrected chi connectivity index (χ4v) is 4.41. The van der Waals surface area contributed by atoms with Gasteiger partial charge in [-0.1, -0.05) is 24.3 Å². The first-order valence-electron chi connectivity index (χ1n) is 10.8. The van der Waals surface area contributed by atoms with Gasteiger partial charge in [0.05, 0.1) is 0 Å². The lowest BCUT2D eigenvalue weighted by Crippen LogP contribution is -2.48. The molecule has 1 aliphatic heterocycles. The number of piperazine rings is 1. The molecule has 0 bridgehead atoms. The van der Waals surface area contributed by atoms with E-state index in [1.807, 2.05) is 6.07 Å². The number of para-hydroxylation sites is 1. The van der Waals surface area contributed by atoms with Gasteiger partial charge < -0.3 is 4.90 Å². The Morgan fingerprint density at radius 3 is 2.23 bits per heavy atom. The molecular weight excluding hydrogens is 408 g/mol. The van der Waals surface area contributed by atoms with Crippen molar-refractivity contribution in [2.75, 3.05) is 43.4 Å². The highest BCUT2D eigenvalue weighted by atomic mass is 32.2. The number of thioether (sulfide) groups is 1. The van der Waals surface area contributed by atoms with Gasteiger partial charge in [-0.15, -0.1) is 11.8 Å². The van der Waals surface area contributed by atoms with Crippen molar-refractivity contribution >= 4 is 29.3 Å². The summed E-state index contributed by atoms with van der Waals surface area (Å²) in [5, 5.41) is 0. The molecule has 1 aliphatic rings. The molecule has 0 unspecified atom stereocenters. The summed E-state index contributed by atoms with van der Waals surface area (Å²) in [7, 11) is 0. The maximum Gasteiger partial charge on any atom is 0.239 e. The number of nitrogens with one attached hydrogen (secondary N) is 2. The summed E-state index contributed by atoms with van der Waals surface area (Å²) in [5.74, 6) is 0.359. The van der Waals surface area contributed by atoms with Gasteiger partial charge in [0, 0.05) is 61.9 Å². The van der Waals surface area contributed by atoms with Crippen LogP contribution in [0.15, 0.2) is 53.4 Å². The predicted octanol–water partition coefficient (Wildman–Crippen LogP) is 3.15. The van der Waals surface area contributed by atoms with E-state index in [2.05, 4.69) is 77.0 Å². The fraction of sp³-hybridized carbons (Fsp3) is 0.417. The minimum atomic E-state index is -0.166. The predicted molar refractivity (Wildman–Crippen MR) is 127 cm³/mol. The third-order valence-corrected chi connectivity index (χ3v) is 6.56. The number of hydrogen-bond donors (Lipinski definition) is 2. The van der Waals surface area contributed by atoms with Gasteiger partial charge in [0.1, 0.15) is 0 Å². The summed E-state index contributed by atoms with van der Waals surface area (Å²) in [5.41, 5.74) is 8.83. The first-order chi connectivity index (χ1) is 15.0. The maximum absolute atomic E-state index is 12.1. The number of carbonyl (C=O) groups excluding carboxylic acids is 2. The Hall–Kier alpha value is -2.51. The largest absolute Gasteiger partial charge is 0.369 e. The van der Waals surface area contributed by atoms with Crippen LogP contribution in [0.3, 0.4) is 0 Å². The summed E-state index contributed by atoms with van der Waals surface area (Å²) in [6, 6.07) is 16.7. The Labute approximate surface area is 189 Å². The molecule has 1 fully saturated rings. The maximum atomic E-state index is 12.1. The molecule has 3 rings (SSSR count). The second-order valence-electron chi connectivity index (χ2n) is 7.86.